The zero-order chi connectivity index (χ0) is 13.9. The largest absolute Gasteiger partial charge is 0.329 e. The molecule has 6 nitrogen and oxygen atoms in total. The van der Waals surface area contributed by atoms with E-state index >= 15 is 0 Å². The van der Waals surface area contributed by atoms with Crippen LogP contribution in [0.3, 0.4) is 0 Å². The number of likely N-dealkylation sites (N-methyl/N-ethyl adjacent to an activating group) is 1. The lowest BCUT2D eigenvalue weighted by Gasteiger charge is -2.39. The second-order valence-electron chi connectivity index (χ2n) is 5.25. The van der Waals surface area contributed by atoms with Crippen molar-refractivity contribution in [3.8, 4) is 0 Å². The zero-order valence-electron chi connectivity index (χ0n) is 11.3. The van der Waals surface area contributed by atoms with E-state index in [4.69, 9.17) is 5.73 Å². The number of nitrogens with zero attached hydrogens (tertiary/aromatic N) is 2. The Balaban J connectivity index is 2.32. The van der Waals surface area contributed by atoms with Crippen LogP contribution in [0, 0.1) is 0 Å². The molecular formula is C12H22N4O2S. The molecule has 3 N–H and O–H groups in total. The average molecular weight is 286 g/mol. The Morgan fingerprint density at radius 3 is 2.47 bits per heavy atom. The fourth-order valence-corrected chi connectivity index (χ4v) is 4.30. The van der Waals surface area contributed by atoms with E-state index in [-0.39, 0.29) is 4.90 Å². The molecule has 0 aliphatic heterocycles. The van der Waals surface area contributed by atoms with Crippen molar-refractivity contribution < 1.29 is 8.42 Å². The van der Waals surface area contributed by atoms with Crippen LogP contribution in [0.1, 0.15) is 38.5 Å². The number of nitrogens with one attached hydrogen (secondary N) is 1. The molecule has 19 heavy (non-hydrogen) atoms. The molecule has 108 valence electrons. The van der Waals surface area contributed by atoms with Gasteiger partial charge in [-0.25, -0.2) is 8.42 Å². The van der Waals surface area contributed by atoms with Gasteiger partial charge in [0.05, 0.1) is 6.20 Å². The summed E-state index contributed by atoms with van der Waals surface area (Å²) >= 11 is 0. The molecule has 0 saturated heterocycles. The summed E-state index contributed by atoms with van der Waals surface area (Å²) in [5, 5.41) is 6.27. The van der Waals surface area contributed by atoms with Gasteiger partial charge in [-0.2, -0.15) is 9.40 Å². The highest BCUT2D eigenvalue weighted by Gasteiger charge is 2.40. The molecule has 1 fully saturated rings. The first kappa shape index (κ1) is 14.5. The summed E-state index contributed by atoms with van der Waals surface area (Å²) in [6, 6.07) is 0. The van der Waals surface area contributed by atoms with Crippen molar-refractivity contribution in [2.24, 2.45) is 5.73 Å². The van der Waals surface area contributed by atoms with Crippen LogP contribution in [0.5, 0.6) is 0 Å². The summed E-state index contributed by atoms with van der Waals surface area (Å²) in [7, 11) is -1.88. The molecule has 0 unspecified atom stereocenters. The highest BCUT2D eigenvalue weighted by Crippen LogP contribution is 2.34. The van der Waals surface area contributed by atoms with Crippen LogP contribution >= 0.6 is 0 Å². The average Bonchev–Trinajstić information content (AvgIpc) is 2.84. The topological polar surface area (TPSA) is 92.1 Å². The van der Waals surface area contributed by atoms with E-state index in [0.29, 0.717) is 6.54 Å². The predicted octanol–water partition coefficient (Wildman–Crippen LogP) is 1.08. The maximum absolute atomic E-state index is 12.6. The van der Waals surface area contributed by atoms with E-state index in [1.807, 2.05) is 0 Å². The molecule has 0 atom stereocenters. The van der Waals surface area contributed by atoms with Gasteiger partial charge in [-0.1, -0.05) is 25.7 Å². The molecule has 1 heterocycles. The molecule has 7 heteroatoms. The van der Waals surface area contributed by atoms with E-state index < -0.39 is 15.6 Å². The third-order valence-corrected chi connectivity index (χ3v) is 6.14. The Hall–Kier alpha value is -0.920. The number of hydrogen-bond acceptors (Lipinski definition) is 4. The minimum Gasteiger partial charge on any atom is -0.329 e. The van der Waals surface area contributed by atoms with Gasteiger partial charge in [-0.15, -0.1) is 0 Å². The zero-order valence-corrected chi connectivity index (χ0v) is 12.1. The van der Waals surface area contributed by atoms with E-state index in [1.165, 1.54) is 16.7 Å². The molecule has 2 rings (SSSR count). The minimum atomic E-state index is -3.52. The molecule has 1 aromatic rings. The second-order valence-corrected chi connectivity index (χ2v) is 7.22. The third kappa shape index (κ3) is 2.68. The van der Waals surface area contributed by atoms with Gasteiger partial charge in [0.15, 0.2) is 0 Å². The van der Waals surface area contributed by atoms with Gasteiger partial charge in [0.1, 0.15) is 4.90 Å². The molecule has 1 saturated carbocycles. The molecular weight excluding hydrogens is 264 g/mol. The lowest BCUT2D eigenvalue weighted by molar-refractivity contribution is 0.196. The molecule has 1 aliphatic carbocycles. The summed E-state index contributed by atoms with van der Waals surface area (Å²) < 4.78 is 26.6. The molecule has 0 bridgehead atoms. The maximum Gasteiger partial charge on any atom is 0.246 e. The van der Waals surface area contributed by atoms with Crippen molar-refractivity contribution in [3.05, 3.63) is 12.4 Å². The number of nitrogens with two attached hydrogens (primary N) is 1. The summed E-state index contributed by atoms with van der Waals surface area (Å²) in [6.45, 7) is 0.362. The minimum absolute atomic E-state index is 0.201. The van der Waals surface area contributed by atoms with Crippen molar-refractivity contribution in [2.45, 2.75) is 49.0 Å². The Bertz CT molecular complexity index is 490. The Labute approximate surface area is 114 Å². The highest BCUT2D eigenvalue weighted by atomic mass is 32.2. The Morgan fingerprint density at radius 1 is 1.37 bits per heavy atom. The van der Waals surface area contributed by atoms with Gasteiger partial charge in [-0.05, 0) is 12.8 Å². The molecule has 0 spiro atoms. The summed E-state index contributed by atoms with van der Waals surface area (Å²) in [5.41, 5.74) is 5.48. The smallest absolute Gasteiger partial charge is 0.246 e. The monoisotopic (exact) mass is 286 g/mol. The molecule has 0 amide bonds. The van der Waals surface area contributed by atoms with Crippen molar-refractivity contribution in [2.75, 3.05) is 13.6 Å². The summed E-state index contributed by atoms with van der Waals surface area (Å²) in [6.07, 6.45) is 8.78. The quantitative estimate of drug-likeness (QED) is 0.810. The van der Waals surface area contributed by atoms with Crippen LogP contribution in [-0.4, -0.2) is 42.1 Å². The third-order valence-electron chi connectivity index (χ3n) is 4.21. The van der Waals surface area contributed by atoms with Crippen molar-refractivity contribution in [1.82, 2.24) is 14.5 Å². The van der Waals surface area contributed by atoms with E-state index in [0.717, 1.165) is 38.5 Å². The van der Waals surface area contributed by atoms with Gasteiger partial charge < -0.3 is 5.73 Å². The van der Waals surface area contributed by atoms with Gasteiger partial charge >= 0.3 is 0 Å². The first-order chi connectivity index (χ1) is 9.03. The molecule has 0 radical (unpaired) electrons. The first-order valence-electron chi connectivity index (χ1n) is 6.71. The van der Waals surface area contributed by atoms with Crippen molar-refractivity contribution in [3.63, 3.8) is 0 Å². The fraction of sp³-hybridized carbons (Fsp3) is 0.750. The number of sulfonamides is 1. The molecule has 1 aromatic heterocycles. The number of hydrogen-bond donors (Lipinski definition) is 2. The van der Waals surface area contributed by atoms with E-state index in [1.54, 1.807) is 7.05 Å². The standard InChI is InChI=1S/C12H22N4O2S/c1-16(19(17,18)11-8-14-15-9-11)12(10-13)6-4-2-3-5-7-12/h8-9H,2-7,10,13H2,1H3,(H,14,15). The SMILES string of the molecule is CN(C1(CN)CCCCCC1)S(=O)(=O)c1cn[nH]c1. The molecule has 0 aromatic carbocycles. The second kappa shape index (κ2) is 5.60. The Kier molecular flexibility index (Phi) is 4.27. The Morgan fingerprint density at radius 2 is 2.00 bits per heavy atom. The number of H-pyrrole nitrogens is 1. The van der Waals surface area contributed by atoms with Crippen molar-refractivity contribution >= 4 is 10.0 Å². The van der Waals surface area contributed by atoms with E-state index in [9.17, 15) is 8.42 Å². The van der Waals surface area contributed by atoms with E-state index in [2.05, 4.69) is 10.2 Å². The number of aromatic amines is 1. The van der Waals surface area contributed by atoms with Crippen LogP contribution in [0.2, 0.25) is 0 Å². The maximum atomic E-state index is 12.6. The van der Waals surface area contributed by atoms with Crippen LogP contribution in [0.25, 0.3) is 0 Å². The first-order valence-corrected chi connectivity index (χ1v) is 8.15. The normalized spacial score (nSPS) is 20.4. The predicted molar refractivity (Wildman–Crippen MR) is 73.0 cm³/mol. The molecule has 1 aliphatic rings. The van der Waals surface area contributed by atoms with Gasteiger partial charge in [-0.3, -0.25) is 5.10 Å². The van der Waals surface area contributed by atoms with Crippen molar-refractivity contribution in [1.29, 1.82) is 0 Å². The van der Waals surface area contributed by atoms with Gasteiger partial charge in [0, 0.05) is 25.3 Å². The highest BCUT2D eigenvalue weighted by molar-refractivity contribution is 7.89. The van der Waals surface area contributed by atoms with Crippen LogP contribution in [0.4, 0.5) is 0 Å². The van der Waals surface area contributed by atoms with Crippen LogP contribution in [-0.2, 0) is 10.0 Å². The number of rotatable bonds is 4. The summed E-state index contributed by atoms with van der Waals surface area (Å²) in [4.78, 5) is 0.201. The summed E-state index contributed by atoms with van der Waals surface area (Å²) in [5.74, 6) is 0. The lowest BCUT2D eigenvalue weighted by Crippen LogP contribution is -2.54. The lowest BCUT2D eigenvalue weighted by atomic mass is 9.90. The van der Waals surface area contributed by atoms with Crippen LogP contribution < -0.4 is 5.73 Å². The number of aromatic nitrogens is 2. The van der Waals surface area contributed by atoms with Crippen LogP contribution in [0.15, 0.2) is 17.3 Å². The fourth-order valence-electron chi connectivity index (χ4n) is 2.83. The van der Waals surface area contributed by atoms with Gasteiger partial charge in [0.2, 0.25) is 10.0 Å². The van der Waals surface area contributed by atoms with Gasteiger partial charge in [0.25, 0.3) is 0 Å².